The van der Waals surface area contributed by atoms with E-state index >= 15 is 0 Å². The quantitative estimate of drug-likeness (QED) is 0.576. The van der Waals surface area contributed by atoms with E-state index in [4.69, 9.17) is 11.5 Å². The molecule has 1 heterocycles. The summed E-state index contributed by atoms with van der Waals surface area (Å²) in [5.41, 5.74) is 16.0. The van der Waals surface area contributed by atoms with Crippen LogP contribution in [0.4, 0.5) is 5.69 Å². The highest BCUT2D eigenvalue weighted by Gasteiger charge is 2.15. The van der Waals surface area contributed by atoms with Crippen LogP contribution in [0.1, 0.15) is 29.8 Å². The van der Waals surface area contributed by atoms with Gasteiger partial charge in [0.25, 0.3) is 5.91 Å². The molecule has 4 nitrogen and oxygen atoms in total. The molecule has 0 saturated heterocycles. The second-order valence-electron chi connectivity index (χ2n) is 5.69. The molecule has 2 aromatic rings. The number of nitrogens with zero attached hydrogens (tertiary/aromatic N) is 1. The van der Waals surface area contributed by atoms with Gasteiger partial charge >= 0.3 is 0 Å². The molecule has 0 saturated carbocycles. The molecule has 1 amide bonds. The number of nitrogens with two attached hydrogens (primary N) is 2. The summed E-state index contributed by atoms with van der Waals surface area (Å²) in [5.74, 6) is -0.546. The molecule has 1 aromatic heterocycles. The summed E-state index contributed by atoms with van der Waals surface area (Å²) in [6, 6.07) is 7.44. The Balaban J connectivity index is 2.71. The van der Waals surface area contributed by atoms with Crippen molar-refractivity contribution in [2.24, 2.45) is 5.73 Å². The van der Waals surface area contributed by atoms with Gasteiger partial charge in [-0.3, -0.25) is 9.78 Å². The normalized spacial score (nSPS) is 12.6. The number of carbonyl (C=O) groups excluding carboxylic acids is 1. The van der Waals surface area contributed by atoms with E-state index in [-0.39, 0.29) is 0 Å². The zero-order valence-electron chi connectivity index (χ0n) is 15.2. The van der Waals surface area contributed by atoms with E-state index in [1.165, 1.54) is 4.91 Å². The maximum atomic E-state index is 11.9. The summed E-state index contributed by atoms with van der Waals surface area (Å²) >= 11 is 1.68. The van der Waals surface area contributed by atoms with Crippen molar-refractivity contribution in [3.63, 3.8) is 0 Å². The summed E-state index contributed by atoms with van der Waals surface area (Å²) in [6.45, 7) is 4.00. The highest BCUT2D eigenvalue weighted by atomic mass is 32.2. The lowest BCUT2D eigenvalue weighted by atomic mass is 9.93. The standard InChI is InChI=1S/C21H23N3OS/c1-4-5-15(7-6-14(2)26-3)17-12-18(16-8-10-24-11-9-16)20(22)19(13-17)21(23)25/h4-13H,22H2,1-3H3,(H2,23,25)/b5-4-,14-6+,15-7+. The monoisotopic (exact) mass is 365 g/mol. The van der Waals surface area contributed by atoms with E-state index < -0.39 is 5.91 Å². The summed E-state index contributed by atoms with van der Waals surface area (Å²) < 4.78 is 0. The van der Waals surface area contributed by atoms with Crippen molar-refractivity contribution in [2.45, 2.75) is 13.8 Å². The van der Waals surface area contributed by atoms with Crippen LogP contribution in [-0.4, -0.2) is 17.1 Å². The first-order valence-electron chi connectivity index (χ1n) is 8.17. The number of hydrogen-bond acceptors (Lipinski definition) is 4. The van der Waals surface area contributed by atoms with E-state index in [9.17, 15) is 4.79 Å². The van der Waals surface area contributed by atoms with Gasteiger partial charge in [-0.25, -0.2) is 0 Å². The Kier molecular flexibility index (Phi) is 6.81. The van der Waals surface area contributed by atoms with E-state index in [1.807, 2.05) is 55.7 Å². The van der Waals surface area contributed by atoms with Crippen molar-refractivity contribution in [3.05, 3.63) is 77.0 Å². The SMILES string of the molecule is C\C=C/C(=C\C=C(/C)SC)c1cc(C(N)=O)c(N)c(-c2ccncc2)c1. The van der Waals surface area contributed by atoms with Gasteiger partial charge in [0.2, 0.25) is 0 Å². The second kappa shape index (κ2) is 9.06. The Morgan fingerprint density at radius 1 is 1.19 bits per heavy atom. The molecule has 0 unspecified atom stereocenters. The smallest absolute Gasteiger partial charge is 0.250 e. The van der Waals surface area contributed by atoms with Gasteiger partial charge in [0.15, 0.2) is 0 Å². The van der Waals surface area contributed by atoms with Crippen LogP contribution in [-0.2, 0) is 0 Å². The molecule has 0 aliphatic rings. The number of pyridine rings is 1. The molecule has 26 heavy (non-hydrogen) atoms. The highest BCUT2D eigenvalue weighted by molar-refractivity contribution is 8.02. The van der Waals surface area contributed by atoms with E-state index in [0.29, 0.717) is 11.3 Å². The van der Waals surface area contributed by atoms with Crippen LogP contribution >= 0.6 is 11.8 Å². The van der Waals surface area contributed by atoms with Crippen LogP contribution in [0.15, 0.2) is 65.9 Å². The van der Waals surface area contributed by atoms with Gasteiger partial charge in [0.05, 0.1) is 11.3 Å². The van der Waals surface area contributed by atoms with Gasteiger partial charge < -0.3 is 11.5 Å². The van der Waals surface area contributed by atoms with Gasteiger partial charge in [-0.15, -0.1) is 11.8 Å². The van der Waals surface area contributed by atoms with Crippen molar-refractivity contribution in [1.82, 2.24) is 4.98 Å². The number of anilines is 1. The molecule has 0 aliphatic carbocycles. The fraction of sp³-hybridized carbons (Fsp3) is 0.143. The number of rotatable bonds is 6. The van der Waals surface area contributed by atoms with Gasteiger partial charge in [0, 0.05) is 18.0 Å². The molecule has 0 aliphatic heterocycles. The predicted octanol–water partition coefficient (Wildman–Crippen LogP) is 4.66. The van der Waals surface area contributed by atoms with E-state index in [1.54, 1.807) is 30.2 Å². The lowest BCUT2D eigenvalue weighted by molar-refractivity contribution is 0.100. The van der Waals surface area contributed by atoms with Crippen molar-refractivity contribution in [1.29, 1.82) is 0 Å². The van der Waals surface area contributed by atoms with Gasteiger partial charge in [-0.05, 0) is 66.0 Å². The summed E-state index contributed by atoms with van der Waals surface area (Å²) in [6.07, 6.45) is 13.4. The van der Waals surface area contributed by atoms with Crippen LogP contribution in [0, 0.1) is 0 Å². The Morgan fingerprint density at radius 2 is 1.88 bits per heavy atom. The van der Waals surface area contributed by atoms with Crippen LogP contribution in [0.5, 0.6) is 0 Å². The average molecular weight is 366 g/mol. The van der Waals surface area contributed by atoms with Crippen LogP contribution in [0.25, 0.3) is 16.7 Å². The number of allylic oxidation sites excluding steroid dienone is 6. The molecule has 2 rings (SSSR count). The molecule has 0 spiro atoms. The first-order valence-corrected chi connectivity index (χ1v) is 9.39. The minimum absolute atomic E-state index is 0.315. The molecule has 0 bridgehead atoms. The number of benzene rings is 1. The lowest BCUT2D eigenvalue weighted by Crippen LogP contribution is -2.14. The Morgan fingerprint density at radius 3 is 2.46 bits per heavy atom. The Labute approximate surface area is 158 Å². The van der Waals surface area contributed by atoms with E-state index in [0.717, 1.165) is 22.3 Å². The molecule has 0 fully saturated rings. The maximum absolute atomic E-state index is 11.9. The molecular weight excluding hydrogens is 342 g/mol. The van der Waals surface area contributed by atoms with Gasteiger partial charge in [-0.2, -0.15) is 0 Å². The third kappa shape index (κ3) is 4.64. The number of carbonyl (C=O) groups is 1. The Bertz CT molecular complexity index is 884. The van der Waals surface area contributed by atoms with Gasteiger partial charge in [-0.1, -0.05) is 24.3 Å². The molecule has 0 radical (unpaired) electrons. The fourth-order valence-corrected chi connectivity index (χ4v) is 2.70. The average Bonchev–Trinajstić information content (AvgIpc) is 2.65. The molecule has 1 aromatic carbocycles. The van der Waals surface area contributed by atoms with Crippen molar-refractivity contribution in [3.8, 4) is 11.1 Å². The fourth-order valence-electron chi connectivity index (χ4n) is 2.50. The number of aromatic nitrogens is 1. The zero-order chi connectivity index (χ0) is 19.1. The maximum Gasteiger partial charge on any atom is 0.250 e. The third-order valence-electron chi connectivity index (χ3n) is 3.94. The first-order chi connectivity index (χ1) is 12.5. The number of amides is 1. The Hall–Kier alpha value is -2.79. The number of primary amides is 1. The summed E-state index contributed by atoms with van der Waals surface area (Å²) in [5, 5.41) is 0. The van der Waals surface area contributed by atoms with Crippen molar-refractivity contribution in [2.75, 3.05) is 12.0 Å². The topological polar surface area (TPSA) is 82.0 Å². The van der Waals surface area contributed by atoms with Crippen LogP contribution in [0.2, 0.25) is 0 Å². The molecular formula is C21H23N3OS. The molecule has 0 atom stereocenters. The number of hydrogen-bond donors (Lipinski definition) is 2. The minimum Gasteiger partial charge on any atom is -0.398 e. The zero-order valence-corrected chi connectivity index (χ0v) is 16.0. The van der Waals surface area contributed by atoms with Crippen molar-refractivity contribution < 1.29 is 4.79 Å². The second-order valence-corrected chi connectivity index (χ2v) is 6.74. The van der Waals surface area contributed by atoms with Crippen LogP contribution < -0.4 is 11.5 Å². The predicted molar refractivity (Wildman–Crippen MR) is 113 cm³/mol. The van der Waals surface area contributed by atoms with Crippen LogP contribution in [0.3, 0.4) is 0 Å². The molecule has 5 heteroatoms. The summed E-state index contributed by atoms with van der Waals surface area (Å²) in [7, 11) is 0. The number of thioether (sulfide) groups is 1. The third-order valence-corrected chi connectivity index (χ3v) is 4.72. The largest absolute Gasteiger partial charge is 0.398 e. The summed E-state index contributed by atoms with van der Waals surface area (Å²) in [4.78, 5) is 17.2. The number of nitrogen functional groups attached to an aromatic ring is 1. The molecule has 4 N–H and O–H groups in total. The van der Waals surface area contributed by atoms with Gasteiger partial charge in [0.1, 0.15) is 0 Å². The molecule has 134 valence electrons. The minimum atomic E-state index is -0.546. The lowest BCUT2D eigenvalue weighted by Gasteiger charge is -2.13. The first kappa shape index (κ1) is 19.5. The van der Waals surface area contributed by atoms with E-state index in [2.05, 4.69) is 11.9 Å². The highest BCUT2D eigenvalue weighted by Crippen LogP contribution is 2.33. The van der Waals surface area contributed by atoms with Crippen molar-refractivity contribution >= 4 is 28.9 Å².